The Morgan fingerprint density at radius 1 is 0.971 bits per heavy atom. The molecule has 0 radical (unpaired) electrons. The van der Waals surface area contributed by atoms with Gasteiger partial charge in [-0.2, -0.15) is 5.10 Å². The average molecular weight is 495 g/mol. The van der Waals surface area contributed by atoms with Gasteiger partial charge in [0.05, 0.1) is 18.2 Å². The van der Waals surface area contributed by atoms with Crippen LogP contribution in [0.5, 0.6) is 5.75 Å². The van der Waals surface area contributed by atoms with Gasteiger partial charge in [0.15, 0.2) is 5.65 Å². The number of hydrogen-bond donors (Lipinski definition) is 3. The molecule has 0 unspecified atom stereocenters. The normalized spacial score (nSPS) is 11.2. The molecule has 180 valence electrons. The van der Waals surface area contributed by atoms with Crippen molar-refractivity contribution in [3.63, 3.8) is 0 Å². The summed E-state index contributed by atoms with van der Waals surface area (Å²) in [6.45, 7) is 3.64. The van der Waals surface area contributed by atoms with Crippen molar-refractivity contribution in [3.05, 3.63) is 83.3 Å². The van der Waals surface area contributed by atoms with Crippen molar-refractivity contribution < 1.29 is 22.7 Å². The van der Waals surface area contributed by atoms with Gasteiger partial charge in [-0.3, -0.25) is 25.2 Å². The molecule has 0 saturated carbocycles. The molecule has 0 aliphatic carbocycles. The first-order chi connectivity index (χ1) is 16.7. The van der Waals surface area contributed by atoms with E-state index in [1.54, 1.807) is 31.2 Å². The van der Waals surface area contributed by atoms with E-state index in [-0.39, 0.29) is 16.0 Å². The number of hydrogen-bond acceptors (Lipinski definition) is 7. The number of sulfonamides is 1. The van der Waals surface area contributed by atoms with Crippen LogP contribution in [0, 0.1) is 13.8 Å². The number of amides is 2. The van der Waals surface area contributed by atoms with Gasteiger partial charge in [-0.25, -0.2) is 17.9 Å². The summed E-state index contributed by atoms with van der Waals surface area (Å²) in [6, 6.07) is 13.6. The molecular formula is C23H22N6O5S. The van der Waals surface area contributed by atoms with Crippen LogP contribution < -0.4 is 20.3 Å². The summed E-state index contributed by atoms with van der Waals surface area (Å²) in [5, 5.41) is 4.15. The number of ether oxygens (including phenoxy) is 1. The fourth-order valence-electron chi connectivity index (χ4n) is 3.36. The number of fused-ring (bicyclic) bond motifs is 1. The molecule has 0 aliphatic rings. The number of hydrazine groups is 1. The Labute approximate surface area is 201 Å². The van der Waals surface area contributed by atoms with E-state index in [4.69, 9.17) is 4.74 Å². The van der Waals surface area contributed by atoms with Gasteiger partial charge in [0.1, 0.15) is 11.3 Å². The quantitative estimate of drug-likeness (QED) is 0.349. The van der Waals surface area contributed by atoms with Crippen molar-refractivity contribution in [1.82, 2.24) is 25.4 Å². The Kier molecular flexibility index (Phi) is 6.38. The van der Waals surface area contributed by atoms with Crippen molar-refractivity contribution in [3.8, 4) is 5.75 Å². The second-order valence-electron chi connectivity index (χ2n) is 7.60. The zero-order valence-corrected chi connectivity index (χ0v) is 19.9. The van der Waals surface area contributed by atoms with Crippen LogP contribution in [0.4, 0.5) is 5.69 Å². The molecule has 0 bridgehead atoms. The first-order valence-electron chi connectivity index (χ1n) is 10.4. The number of anilines is 1. The van der Waals surface area contributed by atoms with Crippen LogP contribution in [-0.4, -0.2) is 41.9 Å². The van der Waals surface area contributed by atoms with Gasteiger partial charge in [0, 0.05) is 22.6 Å². The number of carbonyl (C=O) groups is 2. The topological polar surface area (TPSA) is 144 Å². The van der Waals surface area contributed by atoms with Crippen LogP contribution in [-0.2, 0) is 10.0 Å². The molecule has 0 saturated heterocycles. The van der Waals surface area contributed by atoms with Crippen molar-refractivity contribution >= 4 is 33.2 Å². The van der Waals surface area contributed by atoms with E-state index in [0.29, 0.717) is 17.1 Å². The van der Waals surface area contributed by atoms with Gasteiger partial charge >= 0.3 is 0 Å². The second kappa shape index (κ2) is 9.43. The van der Waals surface area contributed by atoms with Gasteiger partial charge < -0.3 is 4.74 Å². The number of aryl methyl sites for hydroxylation is 2. The number of carbonyl (C=O) groups excluding carboxylic acids is 2. The van der Waals surface area contributed by atoms with Gasteiger partial charge in [-0.1, -0.05) is 6.07 Å². The van der Waals surface area contributed by atoms with Crippen molar-refractivity contribution in [1.29, 1.82) is 0 Å². The maximum absolute atomic E-state index is 12.8. The van der Waals surface area contributed by atoms with Gasteiger partial charge in [0.2, 0.25) is 0 Å². The number of aromatic nitrogens is 3. The van der Waals surface area contributed by atoms with E-state index < -0.39 is 21.8 Å². The molecule has 35 heavy (non-hydrogen) atoms. The summed E-state index contributed by atoms with van der Waals surface area (Å²) < 4.78 is 34.6. The lowest BCUT2D eigenvalue weighted by Crippen LogP contribution is -2.41. The summed E-state index contributed by atoms with van der Waals surface area (Å²) in [4.78, 5) is 29.4. The first-order valence-corrected chi connectivity index (χ1v) is 11.9. The maximum Gasteiger partial charge on any atom is 0.275 e. The monoisotopic (exact) mass is 494 g/mol. The van der Waals surface area contributed by atoms with E-state index in [2.05, 4.69) is 25.7 Å². The van der Waals surface area contributed by atoms with Crippen LogP contribution in [0.2, 0.25) is 0 Å². The molecular weight excluding hydrogens is 472 g/mol. The predicted molar refractivity (Wildman–Crippen MR) is 128 cm³/mol. The molecule has 2 aromatic carbocycles. The molecule has 4 rings (SSSR count). The smallest absolute Gasteiger partial charge is 0.275 e. The molecule has 12 heteroatoms. The zero-order valence-electron chi connectivity index (χ0n) is 19.1. The number of nitrogens with one attached hydrogen (secondary N) is 3. The first kappa shape index (κ1) is 23.7. The Morgan fingerprint density at radius 2 is 1.69 bits per heavy atom. The summed E-state index contributed by atoms with van der Waals surface area (Å²) >= 11 is 0. The summed E-state index contributed by atoms with van der Waals surface area (Å²) in [7, 11) is -2.46. The van der Waals surface area contributed by atoms with Crippen molar-refractivity contribution in [2.75, 3.05) is 11.8 Å². The van der Waals surface area contributed by atoms with E-state index >= 15 is 0 Å². The summed E-state index contributed by atoms with van der Waals surface area (Å²) in [5.41, 5.74) is 7.02. The Bertz CT molecular complexity index is 1530. The molecule has 0 spiro atoms. The van der Waals surface area contributed by atoms with Crippen molar-refractivity contribution in [2.24, 2.45) is 0 Å². The van der Waals surface area contributed by atoms with Gasteiger partial charge in [0.25, 0.3) is 21.8 Å². The van der Waals surface area contributed by atoms with Gasteiger partial charge in [-0.15, -0.1) is 0 Å². The third kappa shape index (κ3) is 5.06. The van der Waals surface area contributed by atoms with Crippen LogP contribution in [0.25, 0.3) is 5.65 Å². The fraction of sp³-hybridized carbons (Fsp3) is 0.130. The Balaban J connectivity index is 1.46. The lowest BCUT2D eigenvalue weighted by molar-refractivity contribution is 0.0847. The highest BCUT2D eigenvalue weighted by Gasteiger charge is 2.19. The molecule has 2 aromatic heterocycles. The standard InChI is InChI=1S/C23H22N6O5S/c1-14-11-15(2)29-21(25-14)20(13-24-29)23(31)27-26-22(30)16-5-4-6-19(12-16)35(32,33)28-17-7-9-18(34-3)10-8-17/h4-13,28H,1-3H3,(H,26,30)(H,27,31). The predicted octanol–water partition coefficient (Wildman–Crippen LogP) is 2.23. The lowest BCUT2D eigenvalue weighted by Gasteiger charge is -2.11. The highest BCUT2D eigenvalue weighted by Crippen LogP contribution is 2.20. The Morgan fingerprint density at radius 3 is 2.40 bits per heavy atom. The van der Waals surface area contributed by atoms with E-state index in [1.165, 1.54) is 42.1 Å². The third-order valence-electron chi connectivity index (χ3n) is 5.06. The zero-order chi connectivity index (χ0) is 25.2. The molecule has 0 fully saturated rings. The van der Waals surface area contributed by atoms with E-state index in [9.17, 15) is 18.0 Å². The molecule has 11 nitrogen and oxygen atoms in total. The summed E-state index contributed by atoms with van der Waals surface area (Å²) in [6.07, 6.45) is 1.36. The number of nitrogens with zero attached hydrogens (tertiary/aromatic N) is 3. The minimum Gasteiger partial charge on any atom is -0.497 e. The number of rotatable bonds is 6. The van der Waals surface area contributed by atoms with Crippen molar-refractivity contribution in [2.45, 2.75) is 18.7 Å². The molecule has 3 N–H and O–H groups in total. The highest BCUT2D eigenvalue weighted by molar-refractivity contribution is 7.92. The molecule has 4 aromatic rings. The Hall–Kier alpha value is -4.45. The number of benzene rings is 2. The molecule has 0 atom stereocenters. The molecule has 0 aliphatic heterocycles. The molecule has 2 amide bonds. The lowest BCUT2D eigenvalue weighted by atomic mass is 10.2. The van der Waals surface area contributed by atoms with Crippen LogP contribution in [0.1, 0.15) is 32.1 Å². The van der Waals surface area contributed by atoms with Gasteiger partial charge in [-0.05, 0) is 62.4 Å². The molecule has 2 heterocycles. The minimum absolute atomic E-state index is 0.0348. The largest absolute Gasteiger partial charge is 0.497 e. The van der Waals surface area contributed by atoms with Crippen LogP contribution in [0.15, 0.2) is 65.7 Å². The fourth-order valence-corrected chi connectivity index (χ4v) is 4.47. The van der Waals surface area contributed by atoms with Crippen LogP contribution >= 0.6 is 0 Å². The SMILES string of the molecule is COc1ccc(NS(=O)(=O)c2cccc(C(=O)NNC(=O)c3cnn4c(C)cc(C)nc34)c2)cc1. The third-order valence-corrected chi connectivity index (χ3v) is 6.44. The second-order valence-corrected chi connectivity index (χ2v) is 9.29. The maximum atomic E-state index is 12.8. The highest BCUT2D eigenvalue weighted by atomic mass is 32.2. The van der Waals surface area contributed by atoms with Crippen LogP contribution in [0.3, 0.4) is 0 Å². The van der Waals surface area contributed by atoms with E-state index in [0.717, 1.165) is 11.4 Å². The average Bonchev–Trinajstić information content (AvgIpc) is 3.27. The minimum atomic E-state index is -3.97. The number of methoxy groups -OCH3 is 1. The van der Waals surface area contributed by atoms with E-state index in [1.807, 2.05) is 13.0 Å². The summed E-state index contributed by atoms with van der Waals surface area (Å²) in [5.74, 6) is -0.730.